The lowest BCUT2D eigenvalue weighted by Crippen LogP contribution is -2.37. The maximum atomic E-state index is 11.7. The predicted octanol–water partition coefficient (Wildman–Crippen LogP) is 1.94. The highest BCUT2D eigenvalue weighted by molar-refractivity contribution is 8.00. The fourth-order valence-corrected chi connectivity index (χ4v) is 1.30. The van der Waals surface area contributed by atoms with E-state index in [-0.39, 0.29) is 30.1 Å². The van der Waals surface area contributed by atoms with Crippen molar-refractivity contribution in [3.8, 4) is 0 Å². The SMILES string of the molecule is CC(NCCSC(F)(F)F)C(C)C(=O)O. The van der Waals surface area contributed by atoms with E-state index in [2.05, 4.69) is 5.32 Å². The van der Waals surface area contributed by atoms with Crippen molar-refractivity contribution < 1.29 is 23.1 Å². The third-order valence-electron chi connectivity index (χ3n) is 1.97. The monoisotopic (exact) mass is 245 g/mol. The zero-order valence-corrected chi connectivity index (χ0v) is 9.28. The van der Waals surface area contributed by atoms with Crippen molar-refractivity contribution >= 4 is 17.7 Å². The van der Waals surface area contributed by atoms with E-state index in [1.165, 1.54) is 6.92 Å². The number of alkyl halides is 3. The number of hydrogen-bond acceptors (Lipinski definition) is 3. The third-order valence-corrected chi connectivity index (χ3v) is 2.71. The molecule has 0 fully saturated rings. The quantitative estimate of drug-likeness (QED) is 0.702. The molecule has 2 unspecified atom stereocenters. The van der Waals surface area contributed by atoms with Gasteiger partial charge in [0.2, 0.25) is 0 Å². The van der Waals surface area contributed by atoms with Crippen molar-refractivity contribution in [3.63, 3.8) is 0 Å². The van der Waals surface area contributed by atoms with E-state index >= 15 is 0 Å². The fraction of sp³-hybridized carbons (Fsp3) is 0.875. The Balaban J connectivity index is 3.64. The Morgan fingerprint density at radius 1 is 1.47 bits per heavy atom. The molecule has 2 N–H and O–H groups in total. The molecule has 0 spiro atoms. The molecule has 0 aliphatic rings. The molecule has 0 aliphatic carbocycles. The highest BCUT2D eigenvalue weighted by Crippen LogP contribution is 2.29. The summed E-state index contributed by atoms with van der Waals surface area (Å²) in [6.07, 6.45) is 0. The van der Waals surface area contributed by atoms with Gasteiger partial charge in [-0.25, -0.2) is 0 Å². The van der Waals surface area contributed by atoms with Gasteiger partial charge < -0.3 is 10.4 Å². The van der Waals surface area contributed by atoms with Crippen LogP contribution in [0.1, 0.15) is 13.8 Å². The molecule has 0 aromatic carbocycles. The van der Waals surface area contributed by atoms with E-state index in [1.807, 2.05) is 0 Å². The molecular formula is C8H14F3NO2S. The van der Waals surface area contributed by atoms with Crippen LogP contribution in [0.2, 0.25) is 0 Å². The molecule has 90 valence electrons. The number of hydrogen-bond donors (Lipinski definition) is 2. The van der Waals surface area contributed by atoms with Gasteiger partial charge >= 0.3 is 11.5 Å². The molecule has 0 rings (SSSR count). The maximum absolute atomic E-state index is 11.7. The summed E-state index contributed by atoms with van der Waals surface area (Å²) in [5.41, 5.74) is -4.22. The van der Waals surface area contributed by atoms with Gasteiger partial charge in [-0.1, -0.05) is 6.92 Å². The van der Waals surface area contributed by atoms with Gasteiger partial charge in [-0.05, 0) is 18.7 Å². The molecule has 0 bridgehead atoms. The van der Waals surface area contributed by atoms with Gasteiger partial charge in [-0.2, -0.15) is 13.2 Å². The first-order chi connectivity index (χ1) is 6.74. The molecule has 0 aromatic rings. The van der Waals surface area contributed by atoms with Crippen LogP contribution in [0.15, 0.2) is 0 Å². The zero-order chi connectivity index (χ0) is 12.1. The van der Waals surface area contributed by atoms with Crippen molar-refractivity contribution in [2.45, 2.75) is 25.4 Å². The van der Waals surface area contributed by atoms with Gasteiger partial charge in [0.25, 0.3) is 0 Å². The Kier molecular flexibility index (Phi) is 6.04. The summed E-state index contributed by atoms with van der Waals surface area (Å²) >= 11 is -0.114. The van der Waals surface area contributed by atoms with Gasteiger partial charge in [0.05, 0.1) is 5.92 Å². The van der Waals surface area contributed by atoms with Crippen molar-refractivity contribution in [1.29, 1.82) is 0 Å². The Hall–Kier alpha value is -0.430. The number of nitrogens with one attached hydrogen (secondary N) is 1. The lowest BCUT2D eigenvalue weighted by atomic mass is 10.0. The van der Waals surface area contributed by atoms with Crippen LogP contribution < -0.4 is 5.32 Å². The van der Waals surface area contributed by atoms with E-state index in [4.69, 9.17) is 5.11 Å². The summed E-state index contributed by atoms with van der Waals surface area (Å²) in [5.74, 6) is -1.68. The topological polar surface area (TPSA) is 49.3 Å². The lowest BCUT2D eigenvalue weighted by molar-refractivity contribution is -0.141. The van der Waals surface area contributed by atoms with Gasteiger partial charge in [0, 0.05) is 18.3 Å². The number of rotatable bonds is 6. The number of aliphatic carboxylic acids is 1. The van der Waals surface area contributed by atoms with Gasteiger partial charge in [0.15, 0.2) is 0 Å². The standard InChI is InChI=1S/C8H14F3NO2S/c1-5(7(13)14)6(2)12-3-4-15-8(9,10)11/h5-6,12H,3-4H2,1-2H3,(H,13,14). The molecule has 0 radical (unpaired) electrons. The van der Waals surface area contributed by atoms with E-state index in [0.717, 1.165) is 0 Å². The van der Waals surface area contributed by atoms with Crippen LogP contribution in [0, 0.1) is 5.92 Å². The summed E-state index contributed by atoms with van der Waals surface area (Å²) in [7, 11) is 0. The van der Waals surface area contributed by atoms with E-state index in [9.17, 15) is 18.0 Å². The van der Waals surface area contributed by atoms with Crippen LogP contribution >= 0.6 is 11.8 Å². The van der Waals surface area contributed by atoms with E-state index in [1.54, 1.807) is 6.92 Å². The molecular weight excluding hydrogens is 231 g/mol. The first kappa shape index (κ1) is 14.6. The Bertz CT molecular complexity index is 211. The molecule has 0 aromatic heterocycles. The van der Waals surface area contributed by atoms with Gasteiger partial charge in [0.1, 0.15) is 0 Å². The largest absolute Gasteiger partial charge is 0.481 e. The highest BCUT2D eigenvalue weighted by Gasteiger charge is 2.27. The number of carboxylic acid groups (broad SMARTS) is 1. The van der Waals surface area contributed by atoms with Crippen molar-refractivity contribution in [2.75, 3.05) is 12.3 Å². The minimum atomic E-state index is -4.22. The Morgan fingerprint density at radius 2 is 2.00 bits per heavy atom. The first-order valence-electron chi connectivity index (χ1n) is 4.41. The minimum absolute atomic E-state index is 0.111. The molecule has 0 saturated heterocycles. The molecule has 0 amide bonds. The average Bonchev–Trinajstić information content (AvgIpc) is 2.09. The summed E-state index contributed by atoms with van der Waals surface area (Å²) in [5, 5.41) is 11.3. The van der Waals surface area contributed by atoms with Gasteiger partial charge in [-0.15, -0.1) is 0 Å². The van der Waals surface area contributed by atoms with E-state index in [0.29, 0.717) is 0 Å². The second-order valence-corrected chi connectivity index (χ2v) is 4.32. The zero-order valence-electron chi connectivity index (χ0n) is 8.47. The van der Waals surface area contributed by atoms with Gasteiger partial charge in [-0.3, -0.25) is 4.79 Å². The lowest BCUT2D eigenvalue weighted by Gasteiger charge is -2.17. The summed E-state index contributed by atoms with van der Waals surface area (Å²) in [6, 6.07) is -0.337. The molecule has 0 aliphatic heterocycles. The fourth-order valence-electron chi connectivity index (χ4n) is 0.844. The van der Waals surface area contributed by atoms with Crippen LogP contribution in [0.3, 0.4) is 0 Å². The highest BCUT2D eigenvalue weighted by atomic mass is 32.2. The number of thioether (sulfide) groups is 1. The molecule has 0 saturated carbocycles. The molecule has 2 atom stereocenters. The minimum Gasteiger partial charge on any atom is -0.481 e. The van der Waals surface area contributed by atoms with Crippen molar-refractivity contribution in [1.82, 2.24) is 5.32 Å². The second kappa shape index (κ2) is 6.22. The Morgan fingerprint density at radius 3 is 2.40 bits per heavy atom. The van der Waals surface area contributed by atoms with Crippen LogP contribution in [-0.2, 0) is 4.79 Å². The van der Waals surface area contributed by atoms with Crippen LogP contribution in [0.4, 0.5) is 13.2 Å². The summed E-state index contributed by atoms with van der Waals surface area (Å²) in [4.78, 5) is 10.5. The third kappa shape index (κ3) is 7.49. The number of halogens is 3. The van der Waals surface area contributed by atoms with Crippen molar-refractivity contribution in [2.24, 2.45) is 5.92 Å². The van der Waals surface area contributed by atoms with Crippen LogP contribution in [0.25, 0.3) is 0 Å². The normalized spacial score (nSPS) is 16.1. The second-order valence-electron chi connectivity index (χ2n) is 3.16. The predicted molar refractivity (Wildman–Crippen MR) is 52.8 cm³/mol. The molecule has 7 heteroatoms. The van der Waals surface area contributed by atoms with E-state index < -0.39 is 17.4 Å². The first-order valence-corrected chi connectivity index (χ1v) is 5.39. The Labute approximate surface area is 90.4 Å². The van der Waals surface area contributed by atoms with Crippen molar-refractivity contribution in [3.05, 3.63) is 0 Å². The molecule has 0 heterocycles. The molecule has 3 nitrogen and oxygen atoms in total. The van der Waals surface area contributed by atoms with Crippen LogP contribution in [-0.4, -0.2) is 34.9 Å². The maximum Gasteiger partial charge on any atom is 0.441 e. The van der Waals surface area contributed by atoms with Crippen LogP contribution in [0.5, 0.6) is 0 Å². The molecule has 15 heavy (non-hydrogen) atoms. The summed E-state index contributed by atoms with van der Waals surface area (Å²) in [6.45, 7) is 3.29. The average molecular weight is 245 g/mol. The smallest absolute Gasteiger partial charge is 0.441 e. The number of carbonyl (C=O) groups is 1. The number of carboxylic acids is 1. The summed E-state index contributed by atoms with van der Waals surface area (Å²) < 4.78 is 35.1.